The van der Waals surface area contributed by atoms with E-state index < -0.39 is 28.0 Å². The molecule has 1 aliphatic rings. The predicted octanol–water partition coefficient (Wildman–Crippen LogP) is 2.81. The van der Waals surface area contributed by atoms with Crippen LogP contribution in [0.2, 0.25) is 0 Å². The van der Waals surface area contributed by atoms with E-state index >= 15 is 0 Å². The van der Waals surface area contributed by atoms with Crippen LogP contribution in [0.5, 0.6) is 5.75 Å². The minimum Gasteiger partial charge on any atom is -0.476 e. The molecular formula is C21H24N2O6S. The van der Waals surface area contributed by atoms with Crippen molar-refractivity contribution in [1.82, 2.24) is 0 Å². The Morgan fingerprint density at radius 1 is 1.17 bits per heavy atom. The molecule has 8 nitrogen and oxygen atoms in total. The fraction of sp³-hybridized carbons (Fsp3) is 0.333. The summed E-state index contributed by atoms with van der Waals surface area (Å²) in [5.74, 6) is -0.590. The van der Waals surface area contributed by atoms with Crippen LogP contribution in [0.15, 0.2) is 48.5 Å². The van der Waals surface area contributed by atoms with E-state index in [1.165, 1.54) is 0 Å². The standard InChI is InChI=1S/C21H24N2O6S/c1-3-4-13-28-21(25)15-9-11-16(12-10-15)22-20(24)19-14-23(30(2,26)27)17-7-5-6-8-18(17)29-19/h5-12,19H,3-4,13-14H2,1-2H3,(H,22,24)/t19-/m0/s1. The average molecular weight is 432 g/mol. The number of hydrogen-bond donors (Lipinski definition) is 1. The Morgan fingerprint density at radius 2 is 1.87 bits per heavy atom. The lowest BCUT2D eigenvalue weighted by molar-refractivity contribution is -0.122. The average Bonchev–Trinajstić information content (AvgIpc) is 2.72. The lowest BCUT2D eigenvalue weighted by Gasteiger charge is -2.33. The molecule has 1 heterocycles. The molecule has 0 unspecified atom stereocenters. The Kier molecular flexibility index (Phi) is 6.61. The van der Waals surface area contributed by atoms with E-state index in [-0.39, 0.29) is 6.54 Å². The highest BCUT2D eigenvalue weighted by Gasteiger charge is 2.34. The Hall–Kier alpha value is -3.07. The van der Waals surface area contributed by atoms with Gasteiger partial charge in [-0.25, -0.2) is 13.2 Å². The summed E-state index contributed by atoms with van der Waals surface area (Å²) in [6.07, 6.45) is 1.80. The van der Waals surface area contributed by atoms with Gasteiger partial charge in [0.05, 0.1) is 30.7 Å². The number of anilines is 2. The van der Waals surface area contributed by atoms with Gasteiger partial charge in [-0.1, -0.05) is 25.5 Å². The van der Waals surface area contributed by atoms with E-state index in [0.29, 0.717) is 29.3 Å². The summed E-state index contributed by atoms with van der Waals surface area (Å²) in [6.45, 7) is 2.24. The Balaban J connectivity index is 1.68. The van der Waals surface area contributed by atoms with E-state index in [0.717, 1.165) is 23.4 Å². The third-order valence-corrected chi connectivity index (χ3v) is 5.69. The number of carbonyl (C=O) groups is 2. The van der Waals surface area contributed by atoms with Crippen molar-refractivity contribution in [2.75, 3.05) is 29.0 Å². The highest BCUT2D eigenvalue weighted by molar-refractivity contribution is 7.92. The molecule has 2 aromatic rings. The number of carbonyl (C=O) groups excluding carboxylic acids is 2. The van der Waals surface area contributed by atoms with E-state index in [1.807, 2.05) is 6.92 Å². The summed E-state index contributed by atoms with van der Waals surface area (Å²) in [6, 6.07) is 12.9. The van der Waals surface area contributed by atoms with E-state index in [9.17, 15) is 18.0 Å². The molecule has 1 amide bonds. The van der Waals surface area contributed by atoms with Crippen LogP contribution in [0.3, 0.4) is 0 Å². The molecule has 0 fully saturated rings. The number of esters is 1. The zero-order valence-electron chi connectivity index (χ0n) is 16.8. The summed E-state index contributed by atoms with van der Waals surface area (Å²) in [5, 5.41) is 2.70. The first-order chi connectivity index (χ1) is 14.3. The van der Waals surface area contributed by atoms with Crippen molar-refractivity contribution in [1.29, 1.82) is 0 Å². The molecule has 1 N–H and O–H groups in total. The normalized spacial score (nSPS) is 15.7. The van der Waals surface area contributed by atoms with Crippen molar-refractivity contribution in [3.8, 4) is 5.75 Å². The fourth-order valence-electron chi connectivity index (χ4n) is 2.96. The Morgan fingerprint density at radius 3 is 2.53 bits per heavy atom. The van der Waals surface area contributed by atoms with Crippen molar-refractivity contribution in [2.45, 2.75) is 25.9 Å². The summed E-state index contributed by atoms with van der Waals surface area (Å²) in [4.78, 5) is 24.6. The van der Waals surface area contributed by atoms with Crippen LogP contribution >= 0.6 is 0 Å². The van der Waals surface area contributed by atoms with Gasteiger partial charge in [0.15, 0.2) is 6.10 Å². The molecule has 0 aliphatic carbocycles. The number of unbranched alkanes of at least 4 members (excludes halogenated alkanes) is 1. The van der Waals surface area contributed by atoms with Gasteiger partial charge in [-0.3, -0.25) is 9.10 Å². The number of amides is 1. The minimum absolute atomic E-state index is 0.135. The van der Waals surface area contributed by atoms with Gasteiger partial charge in [0.25, 0.3) is 5.91 Å². The maximum atomic E-state index is 12.7. The van der Waals surface area contributed by atoms with Crippen LogP contribution in [0.1, 0.15) is 30.1 Å². The SMILES string of the molecule is CCCCOC(=O)c1ccc(NC(=O)[C@@H]2CN(S(C)(=O)=O)c3ccccc3O2)cc1. The lowest BCUT2D eigenvalue weighted by atomic mass is 10.2. The van der Waals surface area contributed by atoms with Crippen LogP contribution < -0.4 is 14.4 Å². The monoisotopic (exact) mass is 432 g/mol. The maximum absolute atomic E-state index is 12.7. The van der Waals surface area contributed by atoms with Gasteiger partial charge >= 0.3 is 5.97 Å². The van der Waals surface area contributed by atoms with Gasteiger partial charge in [-0.15, -0.1) is 0 Å². The second kappa shape index (κ2) is 9.17. The highest BCUT2D eigenvalue weighted by Crippen LogP contribution is 2.34. The first-order valence-electron chi connectivity index (χ1n) is 9.61. The van der Waals surface area contributed by atoms with Gasteiger partial charge in [-0.2, -0.15) is 0 Å². The molecule has 0 saturated heterocycles. The number of para-hydroxylation sites is 2. The van der Waals surface area contributed by atoms with Gasteiger partial charge in [0, 0.05) is 5.69 Å². The molecular weight excluding hydrogens is 408 g/mol. The number of benzene rings is 2. The van der Waals surface area contributed by atoms with Crippen LogP contribution in [0.25, 0.3) is 0 Å². The molecule has 160 valence electrons. The fourth-order valence-corrected chi connectivity index (χ4v) is 3.87. The van der Waals surface area contributed by atoms with Crippen molar-refractivity contribution in [3.63, 3.8) is 0 Å². The van der Waals surface area contributed by atoms with Crippen LogP contribution in [0, 0.1) is 0 Å². The third-order valence-electron chi connectivity index (χ3n) is 4.55. The number of ether oxygens (including phenoxy) is 2. The number of rotatable bonds is 7. The van der Waals surface area contributed by atoms with E-state index in [2.05, 4.69) is 5.32 Å². The topological polar surface area (TPSA) is 102 Å². The van der Waals surface area contributed by atoms with Crippen LogP contribution in [-0.4, -0.2) is 45.8 Å². The van der Waals surface area contributed by atoms with Gasteiger partial charge in [-0.05, 0) is 42.8 Å². The van der Waals surface area contributed by atoms with Crippen molar-refractivity contribution >= 4 is 33.3 Å². The van der Waals surface area contributed by atoms with Crippen LogP contribution in [-0.2, 0) is 19.6 Å². The lowest BCUT2D eigenvalue weighted by Crippen LogP contribution is -2.48. The summed E-state index contributed by atoms with van der Waals surface area (Å²) >= 11 is 0. The molecule has 9 heteroatoms. The van der Waals surface area contributed by atoms with Crippen LogP contribution in [0.4, 0.5) is 11.4 Å². The predicted molar refractivity (Wildman–Crippen MR) is 113 cm³/mol. The number of fused-ring (bicyclic) bond motifs is 1. The van der Waals surface area contributed by atoms with Crippen molar-refractivity contribution in [2.24, 2.45) is 0 Å². The zero-order chi connectivity index (χ0) is 21.7. The molecule has 0 saturated carbocycles. The Labute approximate surface area is 175 Å². The molecule has 30 heavy (non-hydrogen) atoms. The minimum atomic E-state index is -3.58. The molecule has 2 aromatic carbocycles. The maximum Gasteiger partial charge on any atom is 0.338 e. The molecule has 0 aromatic heterocycles. The van der Waals surface area contributed by atoms with Gasteiger partial charge in [0.1, 0.15) is 5.75 Å². The summed E-state index contributed by atoms with van der Waals surface area (Å²) < 4.78 is 36.4. The Bertz CT molecular complexity index is 1020. The molecule has 1 atom stereocenters. The smallest absolute Gasteiger partial charge is 0.338 e. The quantitative estimate of drug-likeness (QED) is 0.533. The van der Waals surface area contributed by atoms with Crippen molar-refractivity contribution < 1.29 is 27.5 Å². The highest BCUT2D eigenvalue weighted by atomic mass is 32.2. The second-order valence-electron chi connectivity index (χ2n) is 6.92. The number of sulfonamides is 1. The molecule has 0 spiro atoms. The molecule has 0 bridgehead atoms. The molecule has 0 radical (unpaired) electrons. The van der Waals surface area contributed by atoms with Crippen molar-refractivity contribution in [3.05, 3.63) is 54.1 Å². The molecule has 3 rings (SSSR count). The summed E-state index contributed by atoms with van der Waals surface area (Å²) in [5.41, 5.74) is 1.24. The van der Waals surface area contributed by atoms with E-state index in [4.69, 9.17) is 9.47 Å². The first-order valence-corrected chi connectivity index (χ1v) is 11.5. The second-order valence-corrected chi connectivity index (χ2v) is 8.83. The van der Waals surface area contributed by atoms with E-state index in [1.54, 1.807) is 48.5 Å². The largest absolute Gasteiger partial charge is 0.476 e. The number of hydrogen-bond acceptors (Lipinski definition) is 6. The van der Waals surface area contributed by atoms with Gasteiger partial charge < -0.3 is 14.8 Å². The van der Waals surface area contributed by atoms with Gasteiger partial charge in [0.2, 0.25) is 10.0 Å². The molecule has 1 aliphatic heterocycles. The first kappa shape index (κ1) is 21.6. The number of nitrogens with zero attached hydrogens (tertiary/aromatic N) is 1. The zero-order valence-corrected chi connectivity index (χ0v) is 17.6. The summed E-state index contributed by atoms with van der Waals surface area (Å²) in [7, 11) is -3.58. The number of nitrogens with one attached hydrogen (secondary N) is 1. The third kappa shape index (κ3) is 5.10.